The smallest absolute Gasteiger partial charge is 0.267 e. The van der Waals surface area contributed by atoms with Crippen LogP contribution in [-0.4, -0.2) is 39.8 Å². The Bertz CT molecular complexity index is 1040. The zero-order chi connectivity index (χ0) is 20.0. The summed E-state index contributed by atoms with van der Waals surface area (Å²) in [6.07, 6.45) is 0. The molecule has 3 saturated heterocycles. The van der Waals surface area contributed by atoms with Crippen LogP contribution in [0.25, 0.3) is 11.3 Å². The summed E-state index contributed by atoms with van der Waals surface area (Å²) in [7, 11) is 0. The van der Waals surface area contributed by atoms with Crippen molar-refractivity contribution in [1.29, 1.82) is 0 Å². The van der Waals surface area contributed by atoms with E-state index in [4.69, 9.17) is 9.72 Å². The molecular formula is C21H21N5O2S. The number of fused-ring (bicyclic) bond motifs is 1. The van der Waals surface area contributed by atoms with E-state index < -0.39 is 0 Å². The number of anilines is 2. The van der Waals surface area contributed by atoms with Crippen molar-refractivity contribution in [2.75, 3.05) is 17.0 Å². The Morgan fingerprint density at radius 1 is 1.14 bits per heavy atom. The monoisotopic (exact) mass is 407 g/mol. The molecule has 3 aromatic rings. The lowest BCUT2D eigenvalue weighted by molar-refractivity contribution is -0.140. The third kappa shape index (κ3) is 2.88. The molecule has 2 aromatic carbocycles. The molecule has 0 saturated carbocycles. The van der Waals surface area contributed by atoms with E-state index in [-0.39, 0.29) is 18.0 Å². The number of aromatic nitrogens is 1. The Morgan fingerprint density at radius 2 is 1.90 bits per heavy atom. The minimum absolute atomic E-state index is 0.0212. The van der Waals surface area contributed by atoms with Gasteiger partial charge in [-0.15, -0.1) is 21.6 Å². The van der Waals surface area contributed by atoms with Gasteiger partial charge in [0.15, 0.2) is 0 Å². The maximum absolute atomic E-state index is 13.1. The molecule has 29 heavy (non-hydrogen) atoms. The third-order valence-electron chi connectivity index (χ3n) is 5.14. The summed E-state index contributed by atoms with van der Waals surface area (Å²) < 4.78 is 5.70. The van der Waals surface area contributed by atoms with Crippen LogP contribution < -0.4 is 15.2 Å². The molecule has 4 heterocycles. The molecule has 6 rings (SSSR count). The van der Waals surface area contributed by atoms with Crippen molar-refractivity contribution in [2.24, 2.45) is 0 Å². The second kappa shape index (κ2) is 7.14. The fourth-order valence-corrected chi connectivity index (χ4v) is 4.60. The van der Waals surface area contributed by atoms with Crippen molar-refractivity contribution in [3.63, 3.8) is 0 Å². The Hall–Kier alpha value is -2.94. The normalized spacial score (nSPS) is 23.2. The molecule has 3 fully saturated rings. The lowest BCUT2D eigenvalue weighted by Crippen LogP contribution is -2.67. The number of ether oxygens (including phenoxy) is 1. The van der Waals surface area contributed by atoms with Crippen LogP contribution in [0.2, 0.25) is 0 Å². The second-order valence-electron chi connectivity index (χ2n) is 6.92. The predicted octanol–water partition coefficient (Wildman–Crippen LogP) is 3.79. The fourth-order valence-electron chi connectivity index (χ4n) is 3.77. The van der Waals surface area contributed by atoms with E-state index in [1.165, 1.54) is 11.3 Å². The van der Waals surface area contributed by atoms with Gasteiger partial charge in [-0.1, -0.05) is 42.5 Å². The van der Waals surface area contributed by atoms with E-state index in [9.17, 15) is 4.79 Å². The Kier molecular flexibility index (Phi) is 4.46. The number of nitrogens with one attached hydrogen (secondary N) is 1. The van der Waals surface area contributed by atoms with Crippen molar-refractivity contribution in [3.05, 3.63) is 60.0 Å². The lowest BCUT2D eigenvalue weighted by atomic mass is 10.1. The molecule has 3 atom stereocenters. The zero-order valence-corrected chi connectivity index (χ0v) is 17.0. The topological polar surface area (TPSA) is 60.9 Å². The van der Waals surface area contributed by atoms with Gasteiger partial charge in [-0.2, -0.15) is 5.01 Å². The van der Waals surface area contributed by atoms with E-state index >= 15 is 0 Å². The van der Waals surface area contributed by atoms with E-state index in [1.54, 1.807) is 5.01 Å². The minimum Gasteiger partial charge on any atom is -0.492 e. The number of para-hydroxylation sites is 2. The van der Waals surface area contributed by atoms with Crippen LogP contribution in [0.5, 0.6) is 5.75 Å². The molecule has 3 aliphatic heterocycles. The first-order chi connectivity index (χ1) is 14.2. The summed E-state index contributed by atoms with van der Waals surface area (Å²) in [5, 5.41) is 8.10. The van der Waals surface area contributed by atoms with Gasteiger partial charge in [-0.3, -0.25) is 10.2 Å². The van der Waals surface area contributed by atoms with Gasteiger partial charge in [0.1, 0.15) is 11.8 Å². The van der Waals surface area contributed by atoms with Crippen molar-refractivity contribution in [1.82, 2.24) is 15.2 Å². The summed E-state index contributed by atoms with van der Waals surface area (Å²) in [5.41, 5.74) is 6.08. The van der Waals surface area contributed by atoms with Gasteiger partial charge in [0, 0.05) is 10.9 Å². The van der Waals surface area contributed by atoms with Gasteiger partial charge in [0.2, 0.25) is 5.13 Å². The quantitative estimate of drug-likeness (QED) is 0.671. The Labute approximate surface area is 173 Å². The second-order valence-corrected chi connectivity index (χ2v) is 7.76. The molecule has 1 aromatic heterocycles. The largest absolute Gasteiger partial charge is 0.492 e. The highest BCUT2D eigenvalue weighted by Gasteiger charge is 2.63. The average molecular weight is 407 g/mol. The fraction of sp³-hybridized carbons (Fsp3) is 0.238. The first-order valence-electron chi connectivity index (χ1n) is 9.60. The van der Waals surface area contributed by atoms with Crippen LogP contribution >= 0.6 is 11.3 Å². The highest BCUT2D eigenvalue weighted by molar-refractivity contribution is 7.14. The molecule has 0 radical (unpaired) electrons. The van der Waals surface area contributed by atoms with Crippen LogP contribution in [0.15, 0.2) is 60.0 Å². The van der Waals surface area contributed by atoms with Crippen molar-refractivity contribution in [3.8, 4) is 17.0 Å². The number of carbonyl (C=O) groups is 1. The highest BCUT2D eigenvalue weighted by Crippen LogP contribution is 2.43. The highest BCUT2D eigenvalue weighted by atomic mass is 32.1. The molecule has 148 valence electrons. The van der Waals surface area contributed by atoms with Crippen molar-refractivity contribution in [2.45, 2.75) is 25.9 Å². The number of rotatable bonds is 6. The Balaban J connectivity index is 1.40. The van der Waals surface area contributed by atoms with Gasteiger partial charge in [-0.25, -0.2) is 4.98 Å². The standard InChI is InChI=1S/C21H21N5O2S/c1-3-28-18-12-8-7-11-16(18)23-25-19-14(2)26(25)24(20(19)27)21-22-17(13-29-21)15-9-5-4-6-10-15/h4-14,19,23H,3H2,1-2H3/t14-,19+/m0/s1. The first-order valence-corrected chi connectivity index (χ1v) is 10.5. The number of thiazole rings is 1. The number of hydrogen-bond donors (Lipinski definition) is 1. The van der Waals surface area contributed by atoms with Gasteiger partial charge in [-0.05, 0) is 26.0 Å². The summed E-state index contributed by atoms with van der Waals surface area (Å²) in [6, 6.07) is 17.5. The summed E-state index contributed by atoms with van der Waals surface area (Å²) in [6.45, 7) is 4.57. The number of hydrogen-bond acceptors (Lipinski definition) is 7. The van der Waals surface area contributed by atoms with Crippen LogP contribution in [-0.2, 0) is 4.79 Å². The van der Waals surface area contributed by atoms with Gasteiger partial charge in [0.25, 0.3) is 5.91 Å². The SMILES string of the molecule is CCOc1ccccc1NN1[C@H]2C(=O)N(c3nc(-c4ccccc4)cs3)N1[C@H]2C. The Morgan fingerprint density at radius 3 is 2.69 bits per heavy atom. The molecule has 7 nitrogen and oxygen atoms in total. The average Bonchev–Trinajstić information content (AvgIpc) is 3.40. The summed E-state index contributed by atoms with van der Waals surface area (Å²) in [5.74, 6) is 0.780. The summed E-state index contributed by atoms with van der Waals surface area (Å²) >= 11 is 1.47. The number of amides is 1. The number of hydrazine groups is 3. The van der Waals surface area contributed by atoms with E-state index in [2.05, 4.69) is 5.43 Å². The first kappa shape index (κ1) is 18.1. The third-order valence-corrected chi connectivity index (χ3v) is 5.95. The molecule has 2 bridgehead atoms. The van der Waals surface area contributed by atoms with Gasteiger partial charge < -0.3 is 4.74 Å². The van der Waals surface area contributed by atoms with E-state index in [1.807, 2.05) is 84.1 Å². The molecule has 1 amide bonds. The number of benzene rings is 2. The van der Waals surface area contributed by atoms with Crippen LogP contribution in [0.1, 0.15) is 13.8 Å². The molecule has 1 N–H and O–H groups in total. The van der Waals surface area contributed by atoms with Gasteiger partial charge in [0.05, 0.1) is 24.0 Å². The number of nitrogens with zero attached hydrogens (tertiary/aromatic N) is 4. The maximum atomic E-state index is 13.1. The number of carbonyl (C=O) groups excluding carboxylic acids is 1. The van der Waals surface area contributed by atoms with Crippen LogP contribution in [0, 0.1) is 0 Å². The summed E-state index contributed by atoms with van der Waals surface area (Å²) in [4.78, 5) is 17.8. The van der Waals surface area contributed by atoms with Crippen molar-refractivity contribution < 1.29 is 9.53 Å². The predicted molar refractivity (Wildman–Crippen MR) is 113 cm³/mol. The minimum atomic E-state index is -0.270. The molecule has 0 aliphatic carbocycles. The lowest BCUT2D eigenvalue weighted by Gasteiger charge is -2.46. The molecule has 3 aliphatic rings. The van der Waals surface area contributed by atoms with Crippen molar-refractivity contribution >= 4 is 28.1 Å². The van der Waals surface area contributed by atoms with Gasteiger partial charge >= 0.3 is 0 Å². The van der Waals surface area contributed by atoms with E-state index in [0.29, 0.717) is 11.7 Å². The molecule has 1 unspecified atom stereocenters. The zero-order valence-electron chi connectivity index (χ0n) is 16.1. The van der Waals surface area contributed by atoms with Crippen LogP contribution in [0.3, 0.4) is 0 Å². The molecule has 0 spiro atoms. The molecule has 8 heteroatoms. The van der Waals surface area contributed by atoms with E-state index in [0.717, 1.165) is 22.7 Å². The molecular weight excluding hydrogens is 386 g/mol. The maximum Gasteiger partial charge on any atom is 0.267 e. The van der Waals surface area contributed by atoms with Crippen LogP contribution in [0.4, 0.5) is 10.8 Å².